The summed E-state index contributed by atoms with van der Waals surface area (Å²) in [7, 11) is 0. The van der Waals surface area contributed by atoms with E-state index in [2.05, 4.69) is 228 Å². The molecule has 0 saturated heterocycles. The van der Waals surface area contributed by atoms with Crippen LogP contribution in [0.3, 0.4) is 0 Å². The number of aromatic nitrogens is 3. The highest BCUT2D eigenvalue weighted by Crippen LogP contribution is 2.39. The molecule has 1 aromatic heterocycles. The normalized spacial score (nSPS) is 11.2. The minimum absolute atomic E-state index is 0.0351. The van der Waals surface area contributed by atoms with Crippen LogP contribution in [-0.4, -0.2) is 21.7 Å². The highest BCUT2D eigenvalue weighted by atomic mass is 15.3. The fourth-order valence-electron chi connectivity index (χ4n) is 10.0. The molecule has 4 nitrogen and oxygen atoms in total. The molecule has 10 rings (SSSR count). The molecule has 9 aromatic carbocycles. The van der Waals surface area contributed by atoms with Gasteiger partial charge in [-0.3, -0.25) is 4.90 Å². The molecule has 1 heterocycles. The molecule has 0 unspecified atom stereocenters. The number of hydrogen-bond donors (Lipinski definition) is 0. The van der Waals surface area contributed by atoms with Crippen molar-refractivity contribution in [2.24, 2.45) is 0 Å². The summed E-state index contributed by atoms with van der Waals surface area (Å²) in [5.41, 5.74) is 19.8. The molecule has 0 aliphatic carbocycles. The lowest BCUT2D eigenvalue weighted by Crippen LogP contribution is -2.55. The fourth-order valence-corrected chi connectivity index (χ4v) is 10.0. The SMILES string of the molecule is Cc1cc(C)c(B(c2ccc(N(c3cccc(-c4ccccc4)c3)c3nc(-c4ccccc4)nc(-c4cc5ccccc5cc4-c4ccccc4)n3)cc2)c2c(C)cc(C)cc2C)c(C)c1. The van der Waals surface area contributed by atoms with Gasteiger partial charge in [0, 0.05) is 22.5 Å². The van der Waals surface area contributed by atoms with Gasteiger partial charge in [0.1, 0.15) is 0 Å². The minimum atomic E-state index is 0.0351. The van der Waals surface area contributed by atoms with Gasteiger partial charge in [0.15, 0.2) is 11.6 Å². The van der Waals surface area contributed by atoms with E-state index < -0.39 is 0 Å². The Morgan fingerprint density at radius 1 is 0.348 bits per heavy atom. The fraction of sp³-hybridized carbons (Fsp3) is 0.0984. The van der Waals surface area contributed by atoms with Gasteiger partial charge in [-0.1, -0.05) is 214 Å². The van der Waals surface area contributed by atoms with E-state index in [1.807, 2.05) is 18.2 Å². The Morgan fingerprint density at radius 3 is 1.38 bits per heavy atom. The first-order chi connectivity index (χ1) is 32.2. The summed E-state index contributed by atoms with van der Waals surface area (Å²) in [5, 5.41) is 2.27. The first-order valence-corrected chi connectivity index (χ1v) is 22.8. The second-order valence-corrected chi connectivity index (χ2v) is 17.7. The van der Waals surface area contributed by atoms with Crippen LogP contribution in [0.4, 0.5) is 17.3 Å². The molecule has 0 amide bonds. The van der Waals surface area contributed by atoms with E-state index in [0.717, 1.165) is 55.5 Å². The highest BCUT2D eigenvalue weighted by Gasteiger charge is 2.29. The molecule has 0 aliphatic rings. The molecule has 0 radical (unpaired) electrons. The molecule has 0 aliphatic heterocycles. The van der Waals surface area contributed by atoms with Crippen LogP contribution in [0.25, 0.3) is 55.8 Å². The predicted molar refractivity (Wildman–Crippen MR) is 280 cm³/mol. The maximum atomic E-state index is 5.50. The van der Waals surface area contributed by atoms with Crippen LogP contribution in [0, 0.1) is 41.5 Å². The van der Waals surface area contributed by atoms with E-state index in [0.29, 0.717) is 17.6 Å². The monoisotopic (exact) mass is 850 g/mol. The molecule has 0 spiro atoms. The maximum Gasteiger partial charge on any atom is 0.242 e. The van der Waals surface area contributed by atoms with Crippen LogP contribution in [0.2, 0.25) is 0 Å². The Labute approximate surface area is 389 Å². The van der Waals surface area contributed by atoms with Crippen LogP contribution < -0.4 is 21.3 Å². The van der Waals surface area contributed by atoms with Gasteiger partial charge in [0.2, 0.25) is 12.7 Å². The summed E-state index contributed by atoms with van der Waals surface area (Å²) in [5.74, 6) is 1.72. The number of anilines is 3. The molecule has 0 N–H and O–H groups in total. The van der Waals surface area contributed by atoms with Crippen LogP contribution in [0.15, 0.2) is 200 Å². The lowest BCUT2D eigenvalue weighted by Gasteiger charge is -2.27. The van der Waals surface area contributed by atoms with Crippen molar-refractivity contribution in [1.82, 2.24) is 15.0 Å². The lowest BCUT2D eigenvalue weighted by atomic mass is 9.34. The standard InChI is InChI=1S/C61H51BN4/c1-40-33-42(3)57(43(4)34-40)62(58-44(5)35-41(2)36-45(58)6)52-29-31-53(32-30-52)66(54-28-18-27-49(37-54)46-19-10-7-11-20-46)61-64-59(48-23-14-9-15-24-48)63-60(65-61)56-39-51-26-17-16-25-50(51)38-55(56)47-21-12-8-13-22-47/h7-39H,1-6H3. The number of rotatable bonds is 10. The maximum absolute atomic E-state index is 5.50. The molecule has 66 heavy (non-hydrogen) atoms. The highest BCUT2D eigenvalue weighted by molar-refractivity contribution is 6.96. The molecule has 0 fully saturated rings. The number of benzene rings is 9. The Balaban J connectivity index is 1.21. The molecular weight excluding hydrogens is 800 g/mol. The van der Waals surface area contributed by atoms with Crippen molar-refractivity contribution in [3.05, 3.63) is 234 Å². The van der Waals surface area contributed by atoms with Crippen LogP contribution in [0.5, 0.6) is 0 Å². The lowest BCUT2D eigenvalue weighted by molar-refractivity contribution is 1.02. The van der Waals surface area contributed by atoms with Crippen molar-refractivity contribution in [3.8, 4) is 45.0 Å². The van der Waals surface area contributed by atoms with Crippen molar-refractivity contribution >= 4 is 51.2 Å². The van der Waals surface area contributed by atoms with Crippen molar-refractivity contribution in [1.29, 1.82) is 0 Å². The zero-order chi connectivity index (χ0) is 45.3. The van der Waals surface area contributed by atoms with Gasteiger partial charge in [-0.15, -0.1) is 0 Å². The number of hydrogen-bond acceptors (Lipinski definition) is 4. The quantitative estimate of drug-likeness (QED) is 0.129. The Morgan fingerprint density at radius 2 is 0.818 bits per heavy atom. The predicted octanol–water partition coefficient (Wildman–Crippen LogP) is 13.5. The van der Waals surface area contributed by atoms with Crippen molar-refractivity contribution in [2.75, 3.05) is 4.90 Å². The Hall–Kier alpha value is -7.89. The van der Waals surface area contributed by atoms with Crippen molar-refractivity contribution in [3.63, 3.8) is 0 Å². The molecule has 0 atom stereocenters. The van der Waals surface area contributed by atoms with Crippen LogP contribution in [-0.2, 0) is 0 Å². The number of nitrogens with zero attached hydrogens (tertiary/aromatic N) is 4. The molecule has 318 valence electrons. The van der Waals surface area contributed by atoms with E-state index in [9.17, 15) is 0 Å². The summed E-state index contributed by atoms with van der Waals surface area (Å²) in [6.07, 6.45) is 0. The summed E-state index contributed by atoms with van der Waals surface area (Å²) in [6.45, 7) is 13.5. The van der Waals surface area contributed by atoms with Gasteiger partial charge < -0.3 is 0 Å². The minimum Gasteiger partial charge on any atom is -0.279 e. The van der Waals surface area contributed by atoms with Crippen molar-refractivity contribution < 1.29 is 0 Å². The first kappa shape index (κ1) is 42.1. The first-order valence-electron chi connectivity index (χ1n) is 22.8. The topological polar surface area (TPSA) is 41.9 Å². The van der Waals surface area contributed by atoms with Crippen LogP contribution in [0.1, 0.15) is 33.4 Å². The molecule has 5 heteroatoms. The van der Waals surface area contributed by atoms with Gasteiger partial charge >= 0.3 is 0 Å². The Bertz CT molecular complexity index is 3260. The number of fused-ring (bicyclic) bond motifs is 1. The van der Waals surface area contributed by atoms with Crippen molar-refractivity contribution in [2.45, 2.75) is 41.5 Å². The summed E-state index contributed by atoms with van der Waals surface area (Å²) in [4.78, 5) is 18.4. The van der Waals surface area contributed by atoms with E-state index in [1.54, 1.807) is 0 Å². The third kappa shape index (κ3) is 8.32. The van der Waals surface area contributed by atoms with E-state index in [-0.39, 0.29) is 6.71 Å². The van der Waals surface area contributed by atoms with Gasteiger partial charge in [0.25, 0.3) is 0 Å². The molecule has 10 aromatic rings. The smallest absolute Gasteiger partial charge is 0.242 e. The van der Waals surface area contributed by atoms with Gasteiger partial charge in [-0.25, -0.2) is 4.98 Å². The zero-order valence-corrected chi connectivity index (χ0v) is 38.4. The summed E-state index contributed by atoms with van der Waals surface area (Å²) in [6, 6.07) is 71.4. The second-order valence-electron chi connectivity index (χ2n) is 17.7. The van der Waals surface area contributed by atoms with E-state index >= 15 is 0 Å². The van der Waals surface area contributed by atoms with Crippen LogP contribution >= 0.6 is 0 Å². The largest absolute Gasteiger partial charge is 0.279 e. The average Bonchev–Trinajstić information content (AvgIpc) is 3.34. The van der Waals surface area contributed by atoms with Gasteiger partial charge in [-0.05, 0) is 111 Å². The van der Waals surface area contributed by atoms with Gasteiger partial charge in [0.05, 0.1) is 0 Å². The number of aryl methyl sites for hydroxylation is 6. The third-order valence-electron chi connectivity index (χ3n) is 12.8. The molecule has 0 saturated carbocycles. The van der Waals surface area contributed by atoms with Gasteiger partial charge in [-0.2, -0.15) is 9.97 Å². The van der Waals surface area contributed by atoms with E-state index in [1.165, 1.54) is 49.8 Å². The molecule has 0 bridgehead atoms. The second kappa shape index (κ2) is 17.9. The third-order valence-corrected chi connectivity index (χ3v) is 12.8. The van der Waals surface area contributed by atoms with E-state index in [4.69, 9.17) is 15.0 Å². The Kier molecular flexibility index (Phi) is 11.4. The molecular formula is C61H51BN4. The zero-order valence-electron chi connectivity index (χ0n) is 38.4. The summed E-state index contributed by atoms with van der Waals surface area (Å²) >= 11 is 0. The summed E-state index contributed by atoms with van der Waals surface area (Å²) < 4.78 is 0. The average molecular weight is 851 g/mol.